The molecule has 2 heterocycles. The second-order valence-electron chi connectivity index (χ2n) is 4.84. The van der Waals surface area contributed by atoms with Gasteiger partial charge in [0.1, 0.15) is 5.75 Å². The third kappa shape index (κ3) is 3.10. The number of halogens is 1. The summed E-state index contributed by atoms with van der Waals surface area (Å²) in [6.07, 6.45) is 2.57. The number of aromatic nitrogens is 1. The Kier molecular flexibility index (Phi) is 4.24. The van der Waals surface area contributed by atoms with Crippen molar-refractivity contribution in [2.24, 2.45) is 5.73 Å². The van der Waals surface area contributed by atoms with Crippen molar-refractivity contribution in [3.63, 3.8) is 0 Å². The number of nitrogens with zero attached hydrogens (tertiary/aromatic N) is 1. The first kappa shape index (κ1) is 14.5. The van der Waals surface area contributed by atoms with Crippen LogP contribution in [0, 0.1) is 0 Å². The Labute approximate surface area is 135 Å². The summed E-state index contributed by atoms with van der Waals surface area (Å²) < 4.78 is 7.60. The maximum atomic E-state index is 6.35. The van der Waals surface area contributed by atoms with E-state index in [0.29, 0.717) is 6.42 Å². The van der Waals surface area contributed by atoms with E-state index in [-0.39, 0.29) is 6.04 Å². The second kappa shape index (κ2) is 6.13. The molecule has 0 spiro atoms. The van der Waals surface area contributed by atoms with Crippen LogP contribution in [0.4, 0.5) is 0 Å². The van der Waals surface area contributed by atoms with Gasteiger partial charge in [0.05, 0.1) is 17.3 Å². The van der Waals surface area contributed by atoms with E-state index in [9.17, 15) is 0 Å². The van der Waals surface area contributed by atoms with Gasteiger partial charge in [-0.3, -0.25) is 4.98 Å². The number of ether oxygens (including phenoxy) is 1. The molecule has 2 aromatic heterocycles. The van der Waals surface area contributed by atoms with Gasteiger partial charge in [-0.05, 0) is 53.3 Å². The average Bonchev–Trinajstić information content (AvgIpc) is 2.94. The van der Waals surface area contributed by atoms with E-state index < -0.39 is 0 Å². The Bertz CT molecular complexity index is 772. The van der Waals surface area contributed by atoms with E-state index in [0.717, 1.165) is 26.9 Å². The van der Waals surface area contributed by atoms with Gasteiger partial charge < -0.3 is 10.5 Å². The van der Waals surface area contributed by atoms with E-state index in [2.05, 4.69) is 33.0 Å². The van der Waals surface area contributed by atoms with Crippen molar-refractivity contribution in [3.05, 3.63) is 57.5 Å². The van der Waals surface area contributed by atoms with Crippen LogP contribution in [0.5, 0.6) is 5.75 Å². The lowest BCUT2D eigenvalue weighted by atomic mass is 10.0. The van der Waals surface area contributed by atoms with Crippen molar-refractivity contribution in [1.82, 2.24) is 4.98 Å². The summed E-state index contributed by atoms with van der Waals surface area (Å²) in [6, 6.07) is 10.0. The van der Waals surface area contributed by atoms with Gasteiger partial charge in [-0.15, -0.1) is 11.3 Å². The van der Waals surface area contributed by atoms with E-state index in [1.165, 1.54) is 4.70 Å². The summed E-state index contributed by atoms with van der Waals surface area (Å²) in [7, 11) is 1.68. The molecule has 0 radical (unpaired) electrons. The van der Waals surface area contributed by atoms with Crippen molar-refractivity contribution in [2.75, 3.05) is 7.11 Å². The van der Waals surface area contributed by atoms with E-state index in [1.54, 1.807) is 18.4 Å². The van der Waals surface area contributed by atoms with E-state index in [4.69, 9.17) is 10.5 Å². The molecule has 0 fully saturated rings. The van der Waals surface area contributed by atoms with Gasteiger partial charge in [0, 0.05) is 16.7 Å². The molecule has 0 bridgehead atoms. The molecule has 0 aliphatic heterocycles. The minimum absolute atomic E-state index is 0.104. The Morgan fingerprint density at radius 2 is 2.19 bits per heavy atom. The fourth-order valence-corrected chi connectivity index (χ4v) is 3.52. The number of thiophene rings is 1. The fraction of sp³-hybridized carbons (Fsp3) is 0.188. The number of nitrogens with two attached hydrogens (primary N) is 1. The summed E-state index contributed by atoms with van der Waals surface area (Å²) in [6.45, 7) is 0. The Balaban J connectivity index is 1.88. The van der Waals surface area contributed by atoms with Crippen LogP contribution in [0.25, 0.3) is 10.2 Å². The normalized spacial score (nSPS) is 12.5. The molecule has 0 saturated heterocycles. The molecule has 3 aromatic rings. The number of pyridine rings is 1. The molecule has 3 nitrogen and oxygen atoms in total. The predicted octanol–water partition coefficient (Wildman–Crippen LogP) is 4.31. The number of methoxy groups -OCH3 is 1. The lowest BCUT2D eigenvalue weighted by Crippen LogP contribution is -2.14. The molecule has 5 heteroatoms. The highest BCUT2D eigenvalue weighted by Gasteiger charge is 2.12. The number of benzene rings is 1. The first-order valence-corrected chi connectivity index (χ1v) is 8.26. The van der Waals surface area contributed by atoms with Crippen LogP contribution in [0.1, 0.15) is 17.2 Å². The molecular weight excluding hydrogens is 348 g/mol. The number of rotatable bonds is 4. The van der Waals surface area contributed by atoms with E-state index >= 15 is 0 Å². The molecule has 3 rings (SSSR count). The molecule has 0 aliphatic rings. The quantitative estimate of drug-likeness (QED) is 0.752. The summed E-state index contributed by atoms with van der Waals surface area (Å²) in [5.41, 5.74) is 9.51. The Morgan fingerprint density at radius 3 is 3.00 bits per heavy atom. The van der Waals surface area contributed by atoms with Crippen LogP contribution >= 0.6 is 27.3 Å². The molecule has 2 N–H and O–H groups in total. The van der Waals surface area contributed by atoms with Crippen molar-refractivity contribution in [3.8, 4) is 5.75 Å². The Morgan fingerprint density at radius 1 is 1.33 bits per heavy atom. The summed E-state index contributed by atoms with van der Waals surface area (Å²) in [5.74, 6) is 0.860. The van der Waals surface area contributed by atoms with Gasteiger partial charge in [-0.25, -0.2) is 0 Å². The molecule has 1 unspecified atom stereocenters. The first-order chi connectivity index (χ1) is 10.2. The van der Waals surface area contributed by atoms with Gasteiger partial charge in [-0.2, -0.15) is 0 Å². The Hall–Kier alpha value is -1.43. The lowest BCUT2D eigenvalue weighted by molar-refractivity contribution is 0.408. The molecule has 0 aliphatic carbocycles. The molecule has 0 saturated carbocycles. The first-order valence-electron chi connectivity index (χ1n) is 6.58. The van der Waals surface area contributed by atoms with Gasteiger partial charge in [0.25, 0.3) is 0 Å². The molecular formula is C16H15BrN2OS. The maximum absolute atomic E-state index is 6.35. The lowest BCUT2D eigenvalue weighted by Gasteiger charge is -2.15. The largest absolute Gasteiger partial charge is 0.496 e. The van der Waals surface area contributed by atoms with Gasteiger partial charge >= 0.3 is 0 Å². The zero-order chi connectivity index (χ0) is 14.8. The molecule has 1 atom stereocenters. The maximum Gasteiger partial charge on any atom is 0.122 e. The van der Waals surface area contributed by atoms with Crippen LogP contribution in [0.2, 0.25) is 0 Å². The fourth-order valence-electron chi connectivity index (χ4n) is 2.33. The second-order valence-corrected chi connectivity index (χ2v) is 6.70. The minimum atomic E-state index is -0.104. The SMILES string of the molecule is COc1ccc(Br)cc1CC(N)c1cnc2ccsc2c1. The predicted molar refractivity (Wildman–Crippen MR) is 90.9 cm³/mol. The van der Waals surface area contributed by atoms with Crippen molar-refractivity contribution in [1.29, 1.82) is 0 Å². The van der Waals surface area contributed by atoms with Crippen LogP contribution < -0.4 is 10.5 Å². The third-order valence-corrected chi connectivity index (χ3v) is 4.78. The highest BCUT2D eigenvalue weighted by molar-refractivity contribution is 9.10. The topological polar surface area (TPSA) is 48.1 Å². The third-order valence-electron chi connectivity index (χ3n) is 3.43. The highest BCUT2D eigenvalue weighted by Crippen LogP contribution is 2.28. The van der Waals surface area contributed by atoms with Gasteiger partial charge in [0.2, 0.25) is 0 Å². The van der Waals surface area contributed by atoms with Crippen LogP contribution in [0.15, 0.2) is 46.4 Å². The van der Waals surface area contributed by atoms with Crippen molar-refractivity contribution < 1.29 is 4.74 Å². The minimum Gasteiger partial charge on any atom is -0.496 e. The smallest absolute Gasteiger partial charge is 0.122 e. The molecule has 1 aromatic carbocycles. The summed E-state index contributed by atoms with van der Waals surface area (Å²) in [5, 5.41) is 2.05. The van der Waals surface area contributed by atoms with E-state index in [1.807, 2.05) is 29.8 Å². The van der Waals surface area contributed by atoms with Crippen LogP contribution in [-0.4, -0.2) is 12.1 Å². The molecule has 108 valence electrons. The zero-order valence-electron chi connectivity index (χ0n) is 11.5. The van der Waals surface area contributed by atoms with Crippen molar-refractivity contribution >= 4 is 37.5 Å². The van der Waals surface area contributed by atoms with Crippen LogP contribution in [-0.2, 0) is 6.42 Å². The monoisotopic (exact) mass is 362 g/mol. The number of fused-ring (bicyclic) bond motifs is 1. The molecule has 21 heavy (non-hydrogen) atoms. The van der Waals surface area contributed by atoms with Crippen molar-refractivity contribution in [2.45, 2.75) is 12.5 Å². The van der Waals surface area contributed by atoms with Gasteiger partial charge in [0.15, 0.2) is 0 Å². The highest BCUT2D eigenvalue weighted by atomic mass is 79.9. The molecule has 0 amide bonds. The number of hydrogen-bond acceptors (Lipinski definition) is 4. The zero-order valence-corrected chi connectivity index (χ0v) is 13.9. The van der Waals surface area contributed by atoms with Gasteiger partial charge in [-0.1, -0.05) is 15.9 Å². The average molecular weight is 363 g/mol. The summed E-state index contributed by atoms with van der Waals surface area (Å²) in [4.78, 5) is 4.45. The summed E-state index contributed by atoms with van der Waals surface area (Å²) >= 11 is 5.18. The standard InChI is InChI=1S/C16H15BrN2OS/c1-20-15-3-2-12(17)6-10(15)7-13(18)11-8-16-14(19-9-11)4-5-21-16/h2-6,8-9,13H,7,18H2,1H3. The van der Waals surface area contributed by atoms with Crippen LogP contribution in [0.3, 0.4) is 0 Å². The number of hydrogen-bond donors (Lipinski definition) is 1.